The molecule has 3 unspecified atom stereocenters. The van der Waals surface area contributed by atoms with E-state index in [2.05, 4.69) is 104 Å². The van der Waals surface area contributed by atoms with Crippen LogP contribution in [0.25, 0.3) is 0 Å². The first-order chi connectivity index (χ1) is 34.5. The van der Waals surface area contributed by atoms with E-state index >= 15 is 0 Å². The second-order valence-corrected chi connectivity index (χ2v) is 22.4. The van der Waals surface area contributed by atoms with Gasteiger partial charge in [-0.25, -0.2) is 0 Å². The van der Waals surface area contributed by atoms with E-state index in [0.29, 0.717) is 23.9 Å². The third kappa shape index (κ3) is 55.3. The Bertz CT molecular complexity index is 1430. The molecule has 8 nitrogen and oxygen atoms in total. The zero-order valence-electron chi connectivity index (χ0n) is 46.9. The van der Waals surface area contributed by atoms with Crippen molar-refractivity contribution in [3.63, 3.8) is 0 Å². The van der Waals surface area contributed by atoms with E-state index in [0.717, 1.165) is 83.5 Å². The Kier molecular flexibility index (Phi) is 50.8. The van der Waals surface area contributed by atoms with Gasteiger partial charge in [0.25, 0.3) is 7.82 Å². The maximum absolute atomic E-state index is 13.0. The molecule has 0 fully saturated rings. The summed E-state index contributed by atoms with van der Waals surface area (Å²) in [5.74, 6) is -0.168. The molecule has 0 radical (unpaired) electrons. The number of carbonyl (C=O) groups is 1. The highest BCUT2D eigenvalue weighted by molar-refractivity contribution is 7.45. The highest BCUT2D eigenvalue weighted by Gasteiger charge is 2.24. The van der Waals surface area contributed by atoms with Crippen molar-refractivity contribution < 1.29 is 32.9 Å². The summed E-state index contributed by atoms with van der Waals surface area (Å²) >= 11 is 0. The van der Waals surface area contributed by atoms with Crippen molar-refractivity contribution in [3.8, 4) is 0 Å². The lowest BCUT2D eigenvalue weighted by atomic mass is 10.0. The van der Waals surface area contributed by atoms with Crippen molar-refractivity contribution in [2.45, 2.75) is 264 Å². The van der Waals surface area contributed by atoms with Gasteiger partial charge in [0.15, 0.2) is 0 Å². The monoisotopic (exact) mass is 1010 g/mol. The maximum Gasteiger partial charge on any atom is 0.268 e. The van der Waals surface area contributed by atoms with Crippen LogP contribution in [0.4, 0.5) is 0 Å². The largest absolute Gasteiger partial charge is 0.756 e. The van der Waals surface area contributed by atoms with Crippen molar-refractivity contribution in [3.05, 3.63) is 85.1 Å². The van der Waals surface area contributed by atoms with Gasteiger partial charge in [-0.1, -0.05) is 259 Å². The van der Waals surface area contributed by atoms with Crippen LogP contribution in [0.5, 0.6) is 0 Å². The third-order valence-corrected chi connectivity index (χ3v) is 13.9. The highest BCUT2D eigenvalue weighted by atomic mass is 31.2. The number of amides is 1. The topological polar surface area (TPSA) is 108 Å². The van der Waals surface area contributed by atoms with Crippen molar-refractivity contribution in [1.29, 1.82) is 0 Å². The van der Waals surface area contributed by atoms with Crippen molar-refractivity contribution in [1.82, 2.24) is 5.32 Å². The molecule has 9 heteroatoms. The summed E-state index contributed by atoms with van der Waals surface area (Å²) in [5, 5.41) is 14.0. The van der Waals surface area contributed by atoms with E-state index in [1.54, 1.807) is 0 Å². The molecule has 3 atom stereocenters. The average molecular weight is 1010 g/mol. The smallest absolute Gasteiger partial charge is 0.268 e. The molecule has 71 heavy (non-hydrogen) atoms. The molecule has 1 amide bonds. The van der Waals surface area contributed by atoms with Crippen molar-refractivity contribution in [2.24, 2.45) is 0 Å². The second-order valence-electron chi connectivity index (χ2n) is 21.0. The van der Waals surface area contributed by atoms with E-state index in [-0.39, 0.29) is 19.1 Å². The Labute approximate surface area is 439 Å². The number of aliphatic hydroxyl groups excluding tert-OH is 1. The van der Waals surface area contributed by atoms with Crippen LogP contribution < -0.4 is 10.2 Å². The highest BCUT2D eigenvalue weighted by Crippen LogP contribution is 2.38. The Morgan fingerprint density at radius 2 is 0.859 bits per heavy atom. The van der Waals surface area contributed by atoms with Gasteiger partial charge in [0.2, 0.25) is 5.91 Å². The first-order valence-electron chi connectivity index (χ1n) is 29.4. The molecule has 0 aromatic heterocycles. The number of nitrogens with zero attached hydrogens (tertiary/aromatic N) is 1. The number of phosphoric ester groups is 1. The first-order valence-corrected chi connectivity index (χ1v) is 30.9. The molecule has 0 saturated carbocycles. The quantitative estimate of drug-likeness (QED) is 0.0272. The molecule has 412 valence electrons. The van der Waals surface area contributed by atoms with Crippen LogP contribution in [-0.2, 0) is 18.4 Å². The van der Waals surface area contributed by atoms with E-state index in [4.69, 9.17) is 9.05 Å². The summed E-state index contributed by atoms with van der Waals surface area (Å²) in [7, 11) is 1.30. The van der Waals surface area contributed by atoms with Crippen LogP contribution in [0.1, 0.15) is 251 Å². The minimum Gasteiger partial charge on any atom is -0.756 e. The average Bonchev–Trinajstić information content (AvgIpc) is 3.33. The van der Waals surface area contributed by atoms with Gasteiger partial charge in [-0.2, -0.15) is 0 Å². The number of quaternary nitrogens is 1. The number of phosphoric acid groups is 1. The number of nitrogens with one attached hydrogen (secondary N) is 1. The Hall–Kier alpha value is -2.32. The zero-order chi connectivity index (χ0) is 52.0. The van der Waals surface area contributed by atoms with Crippen molar-refractivity contribution >= 4 is 13.7 Å². The Morgan fingerprint density at radius 3 is 1.25 bits per heavy atom. The maximum atomic E-state index is 13.0. The molecule has 0 rings (SSSR count). The Morgan fingerprint density at radius 1 is 0.507 bits per heavy atom. The van der Waals surface area contributed by atoms with Gasteiger partial charge >= 0.3 is 0 Å². The summed E-state index contributed by atoms with van der Waals surface area (Å²) in [5.41, 5.74) is 0. The predicted molar refractivity (Wildman–Crippen MR) is 307 cm³/mol. The molecule has 0 saturated heterocycles. The standard InChI is InChI=1S/C62H113N2O6P/c1-6-8-10-12-14-16-18-20-22-23-24-25-26-27-28-29-30-31-32-33-34-35-36-37-38-39-40-41-42-44-46-48-50-52-54-56-62(66)63-60(59-70-71(67,68)69-58-57-64(3,4)5)61(65)55-53-51-49-47-45-43-21-19-17-15-13-11-9-7-2/h8,10,14,16,20,22,24-25,27-28,30-31,33-34,60-61,65H,6-7,9,11-13,15,17-19,21,23,26,29,32,35-59H2,1-5H3,(H-,63,66,67,68)/b10-8-,16-14-,22-20-,25-24-,28-27-,31-30-,34-33-. The molecule has 0 aliphatic rings. The predicted octanol–water partition coefficient (Wildman–Crippen LogP) is 17.4. The fraction of sp³-hybridized carbons (Fsp3) is 0.758. The van der Waals surface area contributed by atoms with Crippen LogP contribution in [0, 0.1) is 0 Å². The zero-order valence-corrected chi connectivity index (χ0v) is 47.8. The van der Waals surface area contributed by atoms with Gasteiger partial charge in [-0.3, -0.25) is 9.36 Å². The van der Waals surface area contributed by atoms with E-state index < -0.39 is 20.0 Å². The molecular weight excluding hydrogens is 900 g/mol. The normalized spacial score (nSPS) is 14.5. The fourth-order valence-electron chi connectivity index (χ4n) is 8.32. The number of rotatable bonds is 53. The minimum atomic E-state index is -4.57. The second kappa shape index (κ2) is 52.5. The molecule has 0 aliphatic carbocycles. The summed E-state index contributed by atoms with van der Waals surface area (Å²) in [6.07, 6.45) is 73.3. The van der Waals surface area contributed by atoms with Gasteiger partial charge in [-0.15, -0.1) is 0 Å². The van der Waals surface area contributed by atoms with Crippen LogP contribution in [0.15, 0.2) is 85.1 Å². The van der Waals surface area contributed by atoms with Crippen LogP contribution >= 0.6 is 7.82 Å². The van der Waals surface area contributed by atoms with E-state index in [1.165, 1.54) is 141 Å². The number of hydrogen-bond donors (Lipinski definition) is 2. The lowest BCUT2D eigenvalue weighted by molar-refractivity contribution is -0.870. The fourth-order valence-corrected chi connectivity index (χ4v) is 9.04. The molecule has 2 N–H and O–H groups in total. The molecule has 0 bridgehead atoms. The lowest BCUT2D eigenvalue weighted by Crippen LogP contribution is -2.46. The van der Waals surface area contributed by atoms with Crippen LogP contribution in [0.2, 0.25) is 0 Å². The SMILES string of the molecule is CC/C=C\C/C=C\C/C=C\C/C=C\C/C=C\C/C=C\C/C=C\CCCCCCCCCCCCCCCC(=O)NC(COP(=O)([O-])OCC[N+](C)(C)C)C(O)CCCCCCCCCCCCCCCC. The molecule has 0 spiro atoms. The number of hydrogen-bond acceptors (Lipinski definition) is 6. The summed E-state index contributed by atoms with van der Waals surface area (Å²) in [6, 6.07) is -0.805. The van der Waals surface area contributed by atoms with E-state index in [9.17, 15) is 19.4 Å². The number of allylic oxidation sites excluding steroid dienone is 14. The molecular formula is C62H113N2O6P. The van der Waals surface area contributed by atoms with Gasteiger partial charge in [0, 0.05) is 6.42 Å². The third-order valence-electron chi connectivity index (χ3n) is 12.9. The summed E-state index contributed by atoms with van der Waals surface area (Å²) < 4.78 is 23.4. The molecule has 0 aromatic carbocycles. The number of likely N-dealkylation sites (N-methyl/N-ethyl adjacent to an activating group) is 1. The molecule has 0 aromatic rings. The van der Waals surface area contributed by atoms with E-state index in [1.807, 2.05) is 21.1 Å². The minimum absolute atomic E-state index is 0.00962. The molecule has 0 heterocycles. The first kappa shape index (κ1) is 68.7. The summed E-state index contributed by atoms with van der Waals surface area (Å²) in [4.78, 5) is 25.5. The number of unbranched alkanes of at least 4 members (excludes halogenated alkanes) is 26. The van der Waals surface area contributed by atoms with Gasteiger partial charge in [0.05, 0.1) is 39.9 Å². The van der Waals surface area contributed by atoms with Gasteiger partial charge < -0.3 is 28.8 Å². The summed E-state index contributed by atoms with van der Waals surface area (Å²) in [6.45, 7) is 4.61. The lowest BCUT2D eigenvalue weighted by Gasteiger charge is -2.30. The number of carbonyl (C=O) groups excluding carboxylic acids is 1. The number of aliphatic hydroxyl groups is 1. The van der Waals surface area contributed by atoms with Gasteiger partial charge in [0.1, 0.15) is 13.2 Å². The Balaban J connectivity index is 4.06. The van der Waals surface area contributed by atoms with Gasteiger partial charge in [-0.05, 0) is 70.6 Å². The van der Waals surface area contributed by atoms with Crippen molar-refractivity contribution in [2.75, 3.05) is 40.9 Å². The van der Waals surface area contributed by atoms with Crippen LogP contribution in [-0.4, -0.2) is 68.5 Å². The van der Waals surface area contributed by atoms with Crippen LogP contribution in [0.3, 0.4) is 0 Å². The molecule has 0 aliphatic heterocycles.